The quantitative estimate of drug-likeness (QED) is 0.652. The number of halogens is 1. The average molecular weight is 379 g/mol. The molecule has 26 heavy (non-hydrogen) atoms. The number of benzene rings is 2. The van der Waals surface area contributed by atoms with Crippen molar-refractivity contribution in [3.05, 3.63) is 59.7 Å². The first-order valence-electron chi connectivity index (χ1n) is 8.72. The molecule has 0 heterocycles. The fourth-order valence-corrected chi connectivity index (χ4v) is 2.62. The highest BCUT2D eigenvalue weighted by atomic mass is 35.5. The number of ether oxygens (including phenoxy) is 2. The maximum Gasteiger partial charge on any atom is 0.119 e. The van der Waals surface area contributed by atoms with Gasteiger partial charge in [-0.3, -0.25) is 0 Å². The van der Waals surface area contributed by atoms with Crippen molar-refractivity contribution in [2.24, 2.45) is 0 Å². The molecule has 0 amide bonds. The van der Waals surface area contributed by atoms with Gasteiger partial charge in [-0.15, -0.1) is 11.6 Å². The molecule has 0 bridgehead atoms. The second kappa shape index (κ2) is 9.26. The Morgan fingerprint density at radius 2 is 1.31 bits per heavy atom. The van der Waals surface area contributed by atoms with E-state index in [-0.39, 0.29) is 24.0 Å². The van der Waals surface area contributed by atoms with Crippen molar-refractivity contribution in [2.45, 2.75) is 37.7 Å². The van der Waals surface area contributed by atoms with Gasteiger partial charge in [-0.2, -0.15) is 0 Å². The topological polar surface area (TPSA) is 58.9 Å². The van der Waals surface area contributed by atoms with E-state index < -0.39 is 6.10 Å². The van der Waals surface area contributed by atoms with Crippen LogP contribution in [-0.2, 0) is 5.41 Å². The fraction of sp³-hybridized carbons (Fsp3) is 0.429. The molecule has 0 spiro atoms. The molecule has 2 unspecified atom stereocenters. The molecule has 0 saturated carbocycles. The standard InChI is InChI=1S/C21H27ClO4/c1-15(22)13-25-19-8-4-16(5-9-19)21(2,3)17-6-10-20(11-7-17)26-14-18(24)12-23/h4-11,15,18,23-24H,12-14H2,1-3H3. The smallest absolute Gasteiger partial charge is 0.119 e. The minimum Gasteiger partial charge on any atom is -0.492 e. The first-order chi connectivity index (χ1) is 12.3. The van der Waals surface area contributed by atoms with Gasteiger partial charge in [0, 0.05) is 5.41 Å². The molecule has 2 rings (SSSR count). The van der Waals surface area contributed by atoms with Crippen LogP contribution >= 0.6 is 11.6 Å². The average Bonchev–Trinajstić information content (AvgIpc) is 2.65. The first kappa shape index (κ1) is 20.6. The normalized spacial score (nSPS) is 13.9. The Morgan fingerprint density at radius 1 is 0.885 bits per heavy atom. The number of rotatable bonds is 9. The van der Waals surface area contributed by atoms with Crippen LogP contribution in [0.5, 0.6) is 11.5 Å². The van der Waals surface area contributed by atoms with Crippen molar-refractivity contribution in [3.63, 3.8) is 0 Å². The van der Waals surface area contributed by atoms with E-state index >= 15 is 0 Å². The van der Waals surface area contributed by atoms with Gasteiger partial charge in [0.05, 0.1) is 12.0 Å². The first-order valence-corrected chi connectivity index (χ1v) is 9.16. The molecule has 142 valence electrons. The van der Waals surface area contributed by atoms with E-state index in [4.69, 9.17) is 26.2 Å². The van der Waals surface area contributed by atoms with Gasteiger partial charge in [-0.1, -0.05) is 38.1 Å². The summed E-state index contributed by atoms with van der Waals surface area (Å²) in [4.78, 5) is 0. The lowest BCUT2D eigenvalue weighted by Crippen LogP contribution is -2.21. The van der Waals surface area contributed by atoms with Crippen LogP contribution in [0.3, 0.4) is 0 Å². The van der Waals surface area contributed by atoms with Crippen molar-refractivity contribution >= 4 is 11.6 Å². The lowest BCUT2D eigenvalue weighted by Gasteiger charge is -2.26. The third-order valence-electron chi connectivity index (χ3n) is 4.28. The van der Waals surface area contributed by atoms with Crippen molar-refractivity contribution in [1.29, 1.82) is 0 Å². The molecule has 2 atom stereocenters. The van der Waals surface area contributed by atoms with Crippen LogP contribution in [0.4, 0.5) is 0 Å². The van der Waals surface area contributed by atoms with Crippen LogP contribution < -0.4 is 9.47 Å². The summed E-state index contributed by atoms with van der Waals surface area (Å²) in [6.45, 7) is 6.47. The summed E-state index contributed by atoms with van der Waals surface area (Å²) in [5.74, 6) is 1.47. The summed E-state index contributed by atoms with van der Waals surface area (Å²) in [7, 11) is 0. The zero-order valence-electron chi connectivity index (χ0n) is 15.5. The summed E-state index contributed by atoms with van der Waals surface area (Å²) in [5, 5.41) is 18.2. The lowest BCUT2D eigenvalue weighted by atomic mass is 9.78. The van der Waals surface area contributed by atoms with Gasteiger partial charge in [0.2, 0.25) is 0 Å². The maximum absolute atomic E-state index is 9.35. The van der Waals surface area contributed by atoms with Gasteiger partial charge in [-0.05, 0) is 42.3 Å². The molecule has 0 aliphatic heterocycles. The van der Waals surface area contributed by atoms with E-state index in [0.717, 1.165) is 11.3 Å². The monoisotopic (exact) mass is 378 g/mol. The number of hydrogen-bond donors (Lipinski definition) is 2. The summed E-state index contributed by atoms with van der Waals surface area (Å²) in [5.41, 5.74) is 2.14. The van der Waals surface area contributed by atoms with Crippen LogP contribution in [0.1, 0.15) is 31.9 Å². The SMILES string of the molecule is CC(Cl)COc1ccc(C(C)(C)c2ccc(OCC(O)CO)cc2)cc1. The highest BCUT2D eigenvalue weighted by Gasteiger charge is 2.23. The van der Waals surface area contributed by atoms with Crippen LogP contribution in [-0.4, -0.2) is 41.5 Å². The second-order valence-electron chi connectivity index (χ2n) is 6.91. The molecule has 0 aromatic heterocycles. The van der Waals surface area contributed by atoms with Gasteiger partial charge < -0.3 is 19.7 Å². The van der Waals surface area contributed by atoms with Crippen molar-refractivity contribution < 1.29 is 19.7 Å². The Balaban J connectivity index is 2.06. The molecule has 5 heteroatoms. The highest BCUT2D eigenvalue weighted by Crippen LogP contribution is 2.33. The summed E-state index contributed by atoms with van der Waals surface area (Å²) in [6.07, 6.45) is -0.867. The van der Waals surface area contributed by atoms with E-state index in [1.807, 2.05) is 43.3 Å². The van der Waals surface area contributed by atoms with E-state index in [0.29, 0.717) is 12.4 Å². The van der Waals surface area contributed by atoms with Crippen LogP contribution in [0.15, 0.2) is 48.5 Å². The fourth-order valence-electron chi connectivity index (χ4n) is 2.56. The molecule has 0 aliphatic rings. The Kier molecular flexibility index (Phi) is 7.33. The third kappa shape index (κ3) is 5.63. The van der Waals surface area contributed by atoms with Crippen molar-refractivity contribution in [2.75, 3.05) is 19.8 Å². The Hall–Kier alpha value is -1.75. The predicted octanol–water partition coefficient (Wildman–Crippen LogP) is 3.75. The lowest BCUT2D eigenvalue weighted by molar-refractivity contribution is 0.0536. The van der Waals surface area contributed by atoms with Gasteiger partial charge in [-0.25, -0.2) is 0 Å². The molecule has 0 aliphatic carbocycles. The number of aliphatic hydroxyl groups excluding tert-OH is 2. The summed E-state index contributed by atoms with van der Waals surface area (Å²) < 4.78 is 11.1. The Morgan fingerprint density at radius 3 is 1.69 bits per heavy atom. The van der Waals surface area contributed by atoms with E-state index in [9.17, 15) is 5.11 Å². The molecule has 2 aromatic rings. The van der Waals surface area contributed by atoms with E-state index in [1.54, 1.807) is 0 Å². The van der Waals surface area contributed by atoms with E-state index in [2.05, 4.69) is 26.0 Å². The molecule has 2 N–H and O–H groups in total. The molecule has 0 saturated heterocycles. The molecule has 2 aromatic carbocycles. The minimum absolute atomic E-state index is 0.0228. The largest absolute Gasteiger partial charge is 0.492 e. The second-order valence-corrected chi connectivity index (χ2v) is 7.66. The van der Waals surface area contributed by atoms with Gasteiger partial charge in [0.15, 0.2) is 0 Å². The molecule has 4 nitrogen and oxygen atoms in total. The summed E-state index contributed by atoms with van der Waals surface area (Å²) >= 11 is 5.91. The minimum atomic E-state index is -0.867. The third-order valence-corrected chi connectivity index (χ3v) is 4.41. The van der Waals surface area contributed by atoms with Gasteiger partial charge in [0.1, 0.15) is 30.8 Å². The van der Waals surface area contributed by atoms with Crippen LogP contribution in [0, 0.1) is 0 Å². The highest BCUT2D eigenvalue weighted by molar-refractivity contribution is 6.20. The summed E-state index contributed by atoms with van der Waals surface area (Å²) in [6, 6.07) is 15.8. The Labute approximate surface area is 160 Å². The van der Waals surface area contributed by atoms with Crippen molar-refractivity contribution in [3.8, 4) is 11.5 Å². The van der Waals surface area contributed by atoms with Crippen molar-refractivity contribution in [1.82, 2.24) is 0 Å². The zero-order chi connectivity index (χ0) is 19.2. The van der Waals surface area contributed by atoms with Crippen LogP contribution in [0.2, 0.25) is 0 Å². The van der Waals surface area contributed by atoms with Gasteiger partial charge >= 0.3 is 0 Å². The number of hydrogen-bond acceptors (Lipinski definition) is 4. The molecular formula is C21H27ClO4. The van der Waals surface area contributed by atoms with E-state index in [1.165, 1.54) is 5.56 Å². The molecule has 0 radical (unpaired) electrons. The predicted molar refractivity (Wildman–Crippen MR) is 104 cm³/mol. The van der Waals surface area contributed by atoms with Gasteiger partial charge in [0.25, 0.3) is 0 Å². The molecule has 0 fully saturated rings. The number of alkyl halides is 1. The molecular weight excluding hydrogens is 352 g/mol. The maximum atomic E-state index is 9.35. The zero-order valence-corrected chi connectivity index (χ0v) is 16.2. The van der Waals surface area contributed by atoms with Crippen LogP contribution in [0.25, 0.3) is 0 Å². The number of aliphatic hydroxyl groups is 2. The Bertz CT molecular complexity index is 665.